The van der Waals surface area contributed by atoms with Gasteiger partial charge in [-0.05, 0) is 30.3 Å². The predicted molar refractivity (Wildman–Crippen MR) is 92.8 cm³/mol. The number of benzene rings is 2. The highest BCUT2D eigenvalue weighted by atomic mass is 35.5. The number of sulfonamides is 1. The van der Waals surface area contributed by atoms with Crippen LogP contribution in [0.15, 0.2) is 47.4 Å². The van der Waals surface area contributed by atoms with Crippen molar-refractivity contribution in [3.63, 3.8) is 0 Å². The van der Waals surface area contributed by atoms with E-state index in [0.717, 1.165) is 0 Å². The maximum Gasteiger partial charge on any atom is 0.262 e. The Morgan fingerprint density at radius 1 is 1.09 bits per heavy atom. The van der Waals surface area contributed by atoms with E-state index in [4.69, 9.17) is 23.2 Å². The fourth-order valence-electron chi connectivity index (χ4n) is 1.87. The smallest absolute Gasteiger partial charge is 0.262 e. The molecule has 0 aliphatic rings. The van der Waals surface area contributed by atoms with Crippen LogP contribution in [0.25, 0.3) is 0 Å². The third-order valence-corrected chi connectivity index (χ3v) is 5.29. The topological polar surface area (TPSA) is 66.5 Å². The van der Waals surface area contributed by atoms with Gasteiger partial charge in [0.2, 0.25) is 5.91 Å². The average molecular weight is 373 g/mol. The zero-order chi connectivity index (χ0) is 17.2. The molecule has 2 aromatic carbocycles. The van der Waals surface area contributed by atoms with Gasteiger partial charge >= 0.3 is 0 Å². The van der Waals surface area contributed by atoms with Gasteiger partial charge in [0, 0.05) is 14.0 Å². The lowest BCUT2D eigenvalue weighted by Crippen LogP contribution is -2.25. The molecule has 0 saturated carbocycles. The van der Waals surface area contributed by atoms with E-state index >= 15 is 0 Å². The number of carbonyl (C=O) groups excluding carboxylic acids is 1. The Bertz CT molecular complexity index is 854. The highest BCUT2D eigenvalue weighted by Gasteiger charge is 2.19. The summed E-state index contributed by atoms with van der Waals surface area (Å²) in [5, 5.41) is 0.408. The average Bonchev–Trinajstić information content (AvgIpc) is 2.49. The summed E-state index contributed by atoms with van der Waals surface area (Å²) in [6.07, 6.45) is 0. The van der Waals surface area contributed by atoms with Crippen LogP contribution < -0.4 is 9.62 Å². The highest BCUT2D eigenvalue weighted by Crippen LogP contribution is 2.29. The molecule has 0 unspecified atom stereocenters. The van der Waals surface area contributed by atoms with Crippen LogP contribution in [0.5, 0.6) is 0 Å². The van der Waals surface area contributed by atoms with Gasteiger partial charge in [-0.3, -0.25) is 9.52 Å². The largest absolute Gasteiger partial charge is 0.314 e. The van der Waals surface area contributed by atoms with Crippen LogP contribution >= 0.6 is 23.2 Å². The van der Waals surface area contributed by atoms with Crippen molar-refractivity contribution in [2.75, 3.05) is 16.7 Å². The second kappa shape index (κ2) is 6.78. The molecule has 5 nitrogen and oxygen atoms in total. The van der Waals surface area contributed by atoms with Crippen molar-refractivity contribution in [3.05, 3.63) is 52.5 Å². The first-order valence-corrected chi connectivity index (χ1v) is 8.77. The molecule has 0 fully saturated rings. The quantitative estimate of drug-likeness (QED) is 0.887. The van der Waals surface area contributed by atoms with Gasteiger partial charge in [0.05, 0.1) is 26.3 Å². The van der Waals surface area contributed by atoms with Crippen molar-refractivity contribution >= 4 is 50.5 Å². The summed E-state index contributed by atoms with van der Waals surface area (Å²) in [5.74, 6) is -0.216. The standard InChI is InChI=1S/C15H14Cl2N2O3S/c1-10(20)19(2)15-6-4-3-5-14(15)18-23(21,22)11-7-8-12(16)13(17)9-11/h3-9,18H,1-2H3. The van der Waals surface area contributed by atoms with E-state index in [1.807, 2.05) is 0 Å². The lowest BCUT2D eigenvalue weighted by molar-refractivity contribution is -0.116. The van der Waals surface area contributed by atoms with E-state index in [-0.39, 0.29) is 26.5 Å². The molecule has 8 heteroatoms. The number of amides is 1. The second-order valence-electron chi connectivity index (χ2n) is 4.78. The number of carbonyl (C=O) groups is 1. The van der Waals surface area contributed by atoms with Gasteiger partial charge in [0.25, 0.3) is 10.0 Å². The molecule has 0 radical (unpaired) electrons. The molecular formula is C15H14Cl2N2O3S. The van der Waals surface area contributed by atoms with Gasteiger partial charge in [-0.2, -0.15) is 0 Å². The Kier molecular flexibility index (Phi) is 5.19. The van der Waals surface area contributed by atoms with Crippen LogP contribution in [-0.2, 0) is 14.8 Å². The lowest BCUT2D eigenvalue weighted by atomic mass is 10.2. The normalized spacial score (nSPS) is 11.1. The molecule has 122 valence electrons. The summed E-state index contributed by atoms with van der Waals surface area (Å²) >= 11 is 11.7. The van der Waals surface area contributed by atoms with E-state index in [9.17, 15) is 13.2 Å². The SMILES string of the molecule is CC(=O)N(C)c1ccccc1NS(=O)(=O)c1ccc(Cl)c(Cl)c1. The van der Waals surface area contributed by atoms with Crippen molar-refractivity contribution in [2.24, 2.45) is 0 Å². The molecule has 0 aliphatic carbocycles. The number of para-hydroxylation sites is 2. The predicted octanol–water partition coefficient (Wildman–Crippen LogP) is 3.78. The van der Waals surface area contributed by atoms with E-state index in [0.29, 0.717) is 5.69 Å². The van der Waals surface area contributed by atoms with Crippen molar-refractivity contribution in [2.45, 2.75) is 11.8 Å². The van der Waals surface area contributed by atoms with E-state index in [2.05, 4.69) is 4.72 Å². The van der Waals surface area contributed by atoms with Gasteiger partial charge in [0.1, 0.15) is 0 Å². The maximum absolute atomic E-state index is 12.5. The Morgan fingerprint density at radius 2 is 1.74 bits per heavy atom. The van der Waals surface area contributed by atoms with E-state index in [1.54, 1.807) is 31.3 Å². The molecule has 23 heavy (non-hydrogen) atoms. The molecule has 2 aromatic rings. The third-order valence-electron chi connectivity index (χ3n) is 3.18. The fourth-order valence-corrected chi connectivity index (χ4v) is 3.33. The molecule has 0 aromatic heterocycles. The van der Waals surface area contributed by atoms with Gasteiger partial charge in [-0.15, -0.1) is 0 Å². The molecule has 0 atom stereocenters. The van der Waals surface area contributed by atoms with Gasteiger partial charge in [-0.1, -0.05) is 35.3 Å². The monoisotopic (exact) mass is 372 g/mol. The maximum atomic E-state index is 12.5. The number of halogens is 2. The van der Waals surface area contributed by atoms with Crippen LogP contribution in [0.4, 0.5) is 11.4 Å². The molecule has 2 rings (SSSR count). The molecular weight excluding hydrogens is 359 g/mol. The first kappa shape index (κ1) is 17.6. The summed E-state index contributed by atoms with van der Waals surface area (Å²) in [6, 6.07) is 10.6. The van der Waals surface area contributed by atoms with Crippen molar-refractivity contribution in [1.29, 1.82) is 0 Å². The Labute approximate surface area is 144 Å². The molecule has 0 bridgehead atoms. The Morgan fingerprint density at radius 3 is 2.35 bits per heavy atom. The zero-order valence-corrected chi connectivity index (χ0v) is 14.7. The first-order chi connectivity index (χ1) is 10.7. The summed E-state index contributed by atoms with van der Waals surface area (Å²) in [4.78, 5) is 12.9. The minimum absolute atomic E-state index is 0.0211. The van der Waals surface area contributed by atoms with Crippen LogP contribution in [-0.4, -0.2) is 21.4 Å². The molecule has 1 amide bonds. The van der Waals surface area contributed by atoms with Gasteiger partial charge < -0.3 is 4.90 Å². The lowest BCUT2D eigenvalue weighted by Gasteiger charge is -2.20. The molecule has 0 saturated heterocycles. The van der Waals surface area contributed by atoms with Crippen LogP contribution in [0.2, 0.25) is 10.0 Å². The number of rotatable bonds is 4. The Balaban J connectivity index is 2.42. The highest BCUT2D eigenvalue weighted by molar-refractivity contribution is 7.92. The number of hydrogen-bond donors (Lipinski definition) is 1. The molecule has 0 aliphatic heterocycles. The van der Waals surface area contributed by atoms with Crippen molar-refractivity contribution in [3.8, 4) is 0 Å². The van der Waals surface area contributed by atoms with E-state index in [1.165, 1.54) is 30.0 Å². The molecule has 1 N–H and O–H groups in total. The van der Waals surface area contributed by atoms with Gasteiger partial charge in [0.15, 0.2) is 0 Å². The minimum Gasteiger partial charge on any atom is -0.314 e. The summed E-state index contributed by atoms with van der Waals surface area (Å²) in [5.41, 5.74) is 0.736. The number of nitrogens with one attached hydrogen (secondary N) is 1. The number of hydrogen-bond acceptors (Lipinski definition) is 3. The van der Waals surface area contributed by atoms with E-state index < -0.39 is 10.0 Å². The number of nitrogens with zero attached hydrogens (tertiary/aromatic N) is 1. The number of anilines is 2. The Hall–Kier alpha value is -1.76. The molecule has 0 spiro atoms. The van der Waals surface area contributed by atoms with Crippen molar-refractivity contribution < 1.29 is 13.2 Å². The fraction of sp³-hybridized carbons (Fsp3) is 0.133. The summed E-state index contributed by atoms with van der Waals surface area (Å²) < 4.78 is 27.4. The minimum atomic E-state index is -3.87. The summed E-state index contributed by atoms with van der Waals surface area (Å²) in [7, 11) is -2.30. The van der Waals surface area contributed by atoms with Crippen LogP contribution in [0.3, 0.4) is 0 Å². The first-order valence-electron chi connectivity index (χ1n) is 6.53. The van der Waals surface area contributed by atoms with Crippen LogP contribution in [0.1, 0.15) is 6.92 Å². The molecule has 0 heterocycles. The van der Waals surface area contributed by atoms with Crippen LogP contribution in [0, 0.1) is 0 Å². The second-order valence-corrected chi connectivity index (χ2v) is 7.27. The zero-order valence-electron chi connectivity index (χ0n) is 12.4. The van der Waals surface area contributed by atoms with Crippen molar-refractivity contribution in [1.82, 2.24) is 0 Å². The third kappa shape index (κ3) is 3.96. The van der Waals surface area contributed by atoms with Gasteiger partial charge in [-0.25, -0.2) is 8.42 Å². The summed E-state index contributed by atoms with van der Waals surface area (Å²) in [6.45, 7) is 1.39.